The van der Waals surface area contributed by atoms with Crippen LogP contribution >= 0.6 is 27.7 Å². The SMILES string of the molecule is CC(=O)SCC=Cc1c(F)ccc(Br)c1F. The van der Waals surface area contributed by atoms with Crippen LogP contribution in [-0.2, 0) is 4.79 Å². The Balaban J connectivity index is 2.80. The molecule has 16 heavy (non-hydrogen) atoms. The minimum atomic E-state index is -0.635. The van der Waals surface area contributed by atoms with Crippen LogP contribution in [0.3, 0.4) is 0 Å². The van der Waals surface area contributed by atoms with Crippen molar-refractivity contribution in [2.75, 3.05) is 5.75 Å². The van der Waals surface area contributed by atoms with Crippen molar-refractivity contribution in [2.45, 2.75) is 6.92 Å². The van der Waals surface area contributed by atoms with E-state index in [1.807, 2.05) is 0 Å². The second-order valence-electron chi connectivity index (χ2n) is 2.96. The lowest BCUT2D eigenvalue weighted by Gasteiger charge is -2.01. The highest BCUT2D eigenvalue weighted by molar-refractivity contribution is 9.10. The van der Waals surface area contributed by atoms with Crippen molar-refractivity contribution in [3.05, 3.63) is 39.9 Å². The monoisotopic (exact) mass is 306 g/mol. The first-order valence-corrected chi connectivity index (χ1v) is 6.23. The molecule has 1 rings (SSSR count). The molecule has 0 radical (unpaired) electrons. The van der Waals surface area contributed by atoms with E-state index in [2.05, 4.69) is 15.9 Å². The van der Waals surface area contributed by atoms with Gasteiger partial charge in [-0.25, -0.2) is 8.78 Å². The van der Waals surface area contributed by atoms with Gasteiger partial charge in [-0.3, -0.25) is 4.79 Å². The zero-order valence-electron chi connectivity index (χ0n) is 8.47. The summed E-state index contributed by atoms with van der Waals surface area (Å²) >= 11 is 4.06. The van der Waals surface area contributed by atoms with Crippen LogP contribution in [0.1, 0.15) is 12.5 Å². The molecule has 0 aromatic heterocycles. The fourth-order valence-electron chi connectivity index (χ4n) is 1.03. The Morgan fingerprint density at radius 2 is 2.19 bits per heavy atom. The smallest absolute Gasteiger partial charge is 0.186 e. The summed E-state index contributed by atoms with van der Waals surface area (Å²) in [6.45, 7) is 1.44. The predicted octanol–water partition coefficient (Wildman–Crippen LogP) is 4.02. The normalized spacial score (nSPS) is 11.0. The van der Waals surface area contributed by atoms with Crippen LogP contribution < -0.4 is 0 Å². The summed E-state index contributed by atoms with van der Waals surface area (Å²) in [4.78, 5) is 10.6. The Hall–Kier alpha value is -0.680. The second-order valence-corrected chi connectivity index (χ2v) is 5.01. The molecule has 0 aliphatic carbocycles. The van der Waals surface area contributed by atoms with Gasteiger partial charge in [-0.1, -0.05) is 23.9 Å². The number of hydrogen-bond donors (Lipinski definition) is 0. The molecular weight excluding hydrogens is 298 g/mol. The van der Waals surface area contributed by atoms with E-state index in [1.165, 1.54) is 25.1 Å². The summed E-state index contributed by atoms with van der Waals surface area (Å²) in [5.74, 6) is -0.852. The molecule has 0 spiro atoms. The molecule has 0 bridgehead atoms. The van der Waals surface area contributed by atoms with Crippen molar-refractivity contribution >= 4 is 38.9 Å². The molecule has 0 atom stereocenters. The minimum Gasteiger partial charge on any atom is -0.288 e. The molecule has 0 N–H and O–H groups in total. The molecule has 5 heteroatoms. The molecule has 0 aliphatic heterocycles. The summed E-state index contributed by atoms with van der Waals surface area (Å²) in [5, 5.41) is -0.0279. The minimum absolute atomic E-state index is 0.0279. The van der Waals surface area contributed by atoms with Gasteiger partial charge in [-0.15, -0.1) is 0 Å². The van der Waals surface area contributed by atoms with Gasteiger partial charge in [0.25, 0.3) is 0 Å². The third-order valence-corrected chi connectivity index (χ3v) is 3.12. The van der Waals surface area contributed by atoms with E-state index in [1.54, 1.807) is 6.08 Å². The first-order valence-electron chi connectivity index (χ1n) is 4.45. The van der Waals surface area contributed by atoms with Crippen LogP contribution in [0.5, 0.6) is 0 Å². The molecule has 86 valence electrons. The maximum absolute atomic E-state index is 13.4. The zero-order chi connectivity index (χ0) is 12.1. The van der Waals surface area contributed by atoms with Crippen LogP contribution in [-0.4, -0.2) is 10.9 Å². The van der Waals surface area contributed by atoms with Gasteiger partial charge in [0.1, 0.15) is 11.6 Å². The topological polar surface area (TPSA) is 17.1 Å². The summed E-state index contributed by atoms with van der Waals surface area (Å²) in [7, 11) is 0. The molecule has 1 nitrogen and oxygen atoms in total. The highest BCUT2D eigenvalue weighted by atomic mass is 79.9. The van der Waals surface area contributed by atoms with Gasteiger partial charge in [0, 0.05) is 18.2 Å². The van der Waals surface area contributed by atoms with Crippen molar-refractivity contribution in [3.8, 4) is 0 Å². The molecule has 0 aliphatic rings. The fraction of sp³-hybridized carbons (Fsp3) is 0.182. The van der Waals surface area contributed by atoms with Crippen molar-refractivity contribution in [2.24, 2.45) is 0 Å². The highest BCUT2D eigenvalue weighted by Crippen LogP contribution is 2.22. The van der Waals surface area contributed by atoms with E-state index in [-0.39, 0.29) is 15.2 Å². The van der Waals surface area contributed by atoms with Gasteiger partial charge < -0.3 is 0 Å². The van der Waals surface area contributed by atoms with Gasteiger partial charge in [0.05, 0.1) is 4.47 Å². The molecule has 0 saturated carbocycles. The first kappa shape index (κ1) is 13.4. The van der Waals surface area contributed by atoms with Crippen LogP contribution in [0.15, 0.2) is 22.7 Å². The maximum Gasteiger partial charge on any atom is 0.186 e. The van der Waals surface area contributed by atoms with E-state index < -0.39 is 11.6 Å². The summed E-state index contributed by atoms with van der Waals surface area (Å²) < 4.78 is 26.9. The van der Waals surface area contributed by atoms with Crippen molar-refractivity contribution < 1.29 is 13.6 Å². The summed E-state index contributed by atoms with van der Waals surface area (Å²) in [6, 6.07) is 2.50. The van der Waals surface area contributed by atoms with Crippen LogP contribution in [0, 0.1) is 11.6 Å². The van der Waals surface area contributed by atoms with Gasteiger partial charge in [0.15, 0.2) is 5.12 Å². The zero-order valence-corrected chi connectivity index (χ0v) is 10.9. The number of thioether (sulfide) groups is 1. The Bertz CT molecular complexity index is 432. The van der Waals surface area contributed by atoms with E-state index in [0.29, 0.717) is 5.75 Å². The first-order chi connectivity index (χ1) is 7.52. The molecule has 0 unspecified atom stereocenters. The second kappa shape index (κ2) is 6.15. The lowest BCUT2D eigenvalue weighted by atomic mass is 10.2. The number of benzene rings is 1. The summed E-state index contributed by atoms with van der Waals surface area (Å²) in [6.07, 6.45) is 2.89. The molecule has 1 aromatic rings. The quantitative estimate of drug-likeness (QED) is 0.785. The van der Waals surface area contributed by atoms with Crippen molar-refractivity contribution in [1.82, 2.24) is 0 Å². The van der Waals surface area contributed by atoms with Crippen LogP contribution in [0.2, 0.25) is 0 Å². The molecule has 1 aromatic carbocycles. The molecule has 0 fully saturated rings. The third kappa shape index (κ3) is 3.72. The average molecular weight is 307 g/mol. The summed E-state index contributed by atoms with van der Waals surface area (Å²) in [5.41, 5.74) is -0.0986. The molecule has 0 heterocycles. The third-order valence-electron chi connectivity index (χ3n) is 1.75. The number of carbonyl (C=O) groups is 1. The van der Waals surface area contributed by atoms with Crippen LogP contribution in [0.4, 0.5) is 8.78 Å². The fourth-order valence-corrected chi connectivity index (χ4v) is 1.80. The van der Waals surface area contributed by atoms with Crippen LogP contribution in [0.25, 0.3) is 6.08 Å². The van der Waals surface area contributed by atoms with E-state index in [9.17, 15) is 13.6 Å². The molecule has 0 saturated heterocycles. The Morgan fingerprint density at radius 3 is 2.81 bits per heavy atom. The Morgan fingerprint density at radius 1 is 1.50 bits per heavy atom. The van der Waals surface area contributed by atoms with E-state index in [4.69, 9.17) is 0 Å². The Labute approximate surface area is 105 Å². The van der Waals surface area contributed by atoms with E-state index >= 15 is 0 Å². The van der Waals surface area contributed by atoms with Gasteiger partial charge in [-0.05, 0) is 28.1 Å². The lowest BCUT2D eigenvalue weighted by molar-refractivity contribution is -0.109. The van der Waals surface area contributed by atoms with Gasteiger partial charge in [-0.2, -0.15) is 0 Å². The molecule has 0 amide bonds. The standard InChI is InChI=1S/C11H9BrF2OS/c1-7(15)16-6-2-3-8-10(13)5-4-9(12)11(8)14/h2-5H,6H2,1H3. The maximum atomic E-state index is 13.4. The number of rotatable bonds is 3. The van der Waals surface area contributed by atoms with E-state index in [0.717, 1.165) is 11.8 Å². The number of hydrogen-bond acceptors (Lipinski definition) is 2. The lowest BCUT2D eigenvalue weighted by Crippen LogP contribution is -1.90. The van der Waals surface area contributed by atoms with Gasteiger partial charge in [0.2, 0.25) is 0 Å². The highest BCUT2D eigenvalue weighted by Gasteiger charge is 2.08. The van der Waals surface area contributed by atoms with Crippen molar-refractivity contribution in [1.29, 1.82) is 0 Å². The number of carbonyl (C=O) groups excluding carboxylic acids is 1. The predicted molar refractivity (Wildman–Crippen MR) is 66.2 cm³/mol. The largest absolute Gasteiger partial charge is 0.288 e. The van der Waals surface area contributed by atoms with Crippen molar-refractivity contribution in [3.63, 3.8) is 0 Å². The average Bonchev–Trinajstić information content (AvgIpc) is 2.22. The van der Waals surface area contributed by atoms with Gasteiger partial charge >= 0.3 is 0 Å². The Kier molecular flexibility index (Phi) is 5.15. The number of halogens is 3. The molecular formula is C11H9BrF2OS.